The molecule has 2 fully saturated rings. The van der Waals surface area contributed by atoms with E-state index in [0.29, 0.717) is 12.2 Å². The molecule has 1 heteroatoms. The second-order valence-electron chi connectivity index (χ2n) is 15.8. The highest BCUT2D eigenvalue weighted by molar-refractivity contribution is 4.82. The van der Waals surface area contributed by atoms with Crippen molar-refractivity contribution < 1.29 is 4.74 Å². The van der Waals surface area contributed by atoms with Crippen LogP contribution in [0.1, 0.15) is 233 Å². The third kappa shape index (κ3) is 23.0. The van der Waals surface area contributed by atoms with E-state index in [9.17, 15) is 0 Å². The molecule has 0 bridgehead atoms. The van der Waals surface area contributed by atoms with Crippen LogP contribution in [0.3, 0.4) is 0 Å². The Labute approximate surface area is 273 Å². The van der Waals surface area contributed by atoms with Crippen molar-refractivity contribution in [3.05, 3.63) is 0 Å². The molecule has 2 rings (SSSR count). The van der Waals surface area contributed by atoms with Gasteiger partial charge in [-0.1, -0.05) is 195 Å². The van der Waals surface area contributed by atoms with Crippen molar-refractivity contribution in [2.24, 2.45) is 23.7 Å². The first-order chi connectivity index (χ1) is 21.1. The van der Waals surface area contributed by atoms with E-state index in [1.54, 1.807) is 0 Å². The molecule has 6 atom stereocenters. The zero-order valence-corrected chi connectivity index (χ0v) is 30.5. The number of rotatable bonds is 34. The minimum absolute atomic E-state index is 0.516. The summed E-state index contributed by atoms with van der Waals surface area (Å²) in [6, 6.07) is 0. The van der Waals surface area contributed by atoms with Gasteiger partial charge < -0.3 is 4.74 Å². The van der Waals surface area contributed by atoms with Crippen LogP contribution >= 0.6 is 0 Å². The second-order valence-corrected chi connectivity index (χ2v) is 15.8. The maximum atomic E-state index is 6.77. The van der Waals surface area contributed by atoms with Crippen LogP contribution in [0.2, 0.25) is 0 Å². The van der Waals surface area contributed by atoms with Crippen LogP contribution in [0, 0.1) is 23.7 Å². The van der Waals surface area contributed by atoms with E-state index in [4.69, 9.17) is 4.74 Å². The molecular weight excluding hydrogens is 520 g/mol. The second kappa shape index (κ2) is 27.1. The Morgan fingerprint density at radius 2 is 0.651 bits per heavy atom. The molecule has 6 unspecified atom stereocenters. The number of hydrogen-bond acceptors (Lipinski definition) is 1. The van der Waals surface area contributed by atoms with E-state index < -0.39 is 0 Å². The van der Waals surface area contributed by atoms with Crippen LogP contribution < -0.4 is 0 Å². The molecule has 0 amide bonds. The third-order valence-corrected chi connectivity index (χ3v) is 11.4. The van der Waals surface area contributed by atoms with E-state index >= 15 is 0 Å². The maximum absolute atomic E-state index is 6.77. The van der Waals surface area contributed by atoms with Gasteiger partial charge in [-0.25, -0.2) is 0 Å². The lowest BCUT2D eigenvalue weighted by Crippen LogP contribution is -2.22. The van der Waals surface area contributed by atoms with Crippen LogP contribution in [0.25, 0.3) is 0 Å². The zero-order valence-electron chi connectivity index (χ0n) is 30.5. The highest BCUT2D eigenvalue weighted by atomic mass is 16.5. The lowest BCUT2D eigenvalue weighted by Gasteiger charge is -2.25. The van der Waals surface area contributed by atoms with Crippen LogP contribution in [0.15, 0.2) is 0 Å². The number of hydrogen-bond donors (Lipinski definition) is 0. The topological polar surface area (TPSA) is 9.23 Å². The van der Waals surface area contributed by atoms with E-state index in [1.807, 2.05) is 0 Å². The van der Waals surface area contributed by atoms with Crippen molar-refractivity contribution in [2.75, 3.05) is 0 Å². The quantitative estimate of drug-likeness (QED) is 0.0666. The molecule has 0 aliphatic heterocycles. The molecule has 2 aliphatic carbocycles. The molecule has 0 spiro atoms. The summed E-state index contributed by atoms with van der Waals surface area (Å²) in [6.45, 7) is 9.53. The summed E-state index contributed by atoms with van der Waals surface area (Å²) in [5, 5.41) is 0. The monoisotopic (exact) mass is 603 g/mol. The molecule has 0 aromatic carbocycles. The van der Waals surface area contributed by atoms with Gasteiger partial charge in [-0.15, -0.1) is 0 Å². The molecule has 0 radical (unpaired) electrons. The lowest BCUT2D eigenvalue weighted by atomic mass is 10.0. The van der Waals surface area contributed by atoms with Gasteiger partial charge in [0.15, 0.2) is 0 Å². The highest BCUT2D eigenvalue weighted by Crippen LogP contribution is 2.42. The molecule has 43 heavy (non-hydrogen) atoms. The van der Waals surface area contributed by atoms with Gasteiger partial charge in [0.25, 0.3) is 0 Å². The molecule has 0 aromatic heterocycles. The van der Waals surface area contributed by atoms with E-state index in [-0.39, 0.29) is 0 Å². The number of unbranched alkanes of at least 4 members (excludes halogenated alkanes) is 20. The maximum Gasteiger partial charge on any atom is 0.0578 e. The Balaban J connectivity index is 1.35. The first kappa shape index (κ1) is 39.1. The van der Waals surface area contributed by atoms with Gasteiger partial charge in [0.1, 0.15) is 0 Å². The van der Waals surface area contributed by atoms with Crippen molar-refractivity contribution in [2.45, 2.75) is 245 Å². The third-order valence-electron chi connectivity index (χ3n) is 11.4. The van der Waals surface area contributed by atoms with Crippen LogP contribution in [-0.2, 0) is 4.74 Å². The Bertz CT molecular complexity index is 535. The minimum Gasteiger partial charge on any atom is -0.375 e. The predicted molar refractivity (Wildman–Crippen MR) is 193 cm³/mol. The molecule has 0 N–H and O–H groups in total. The molecule has 2 saturated carbocycles. The van der Waals surface area contributed by atoms with E-state index in [1.165, 1.54) is 205 Å². The average Bonchev–Trinajstić information content (AvgIpc) is 3.90. The van der Waals surface area contributed by atoms with Gasteiger partial charge in [-0.3, -0.25) is 0 Å². The van der Waals surface area contributed by atoms with Gasteiger partial charge in [0, 0.05) is 0 Å². The van der Waals surface area contributed by atoms with E-state index in [2.05, 4.69) is 27.7 Å². The number of ether oxygens (including phenoxy) is 1. The normalized spacial score (nSPS) is 22.6. The zero-order chi connectivity index (χ0) is 30.8. The van der Waals surface area contributed by atoms with Crippen LogP contribution in [0.5, 0.6) is 0 Å². The van der Waals surface area contributed by atoms with Crippen molar-refractivity contribution in [1.29, 1.82) is 0 Å². The average molecular weight is 603 g/mol. The summed E-state index contributed by atoms with van der Waals surface area (Å²) in [7, 11) is 0. The first-order valence-electron chi connectivity index (χ1n) is 20.8. The summed E-state index contributed by atoms with van der Waals surface area (Å²) in [5.41, 5.74) is 0. The molecule has 0 saturated heterocycles. The van der Waals surface area contributed by atoms with Crippen LogP contribution in [0.4, 0.5) is 0 Å². The Kier molecular flexibility index (Phi) is 24.7. The van der Waals surface area contributed by atoms with Gasteiger partial charge in [0.2, 0.25) is 0 Å². The molecule has 0 heterocycles. The summed E-state index contributed by atoms with van der Waals surface area (Å²) < 4.78 is 6.77. The highest BCUT2D eigenvalue weighted by Gasteiger charge is 2.31. The summed E-state index contributed by atoms with van der Waals surface area (Å²) in [6.07, 6.45) is 46.9. The van der Waals surface area contributed by atoms with E-state index in [0.717, 1.165) is 23.7 Å². The van der Waals surface area contributed by atoms with Gasteiger partial charge >= 0.3 is 0 Å². The van der Waals surface area contributed by atoms with Crippen LogP contribution in [-0.4, -0.2) is 12.2 Å². The van der Waals surface area contributed by atoms with Crippen molar-refractivity contribution in [1.82, 2.24) is 0 Å². The fourth-order valence-corrected chi connectivity index (χ4v) is 7.82. The Hall–Kier alpha value is -0.0400. The smallest absolute Gasteiger partial charge is 0.0578 e. The van der Waals surface area contributed by atoms with Gasteiger partial charge in [-0.05, 0) is 62.2 Å². The molecule has 256 valence electrons. The fraction of sp³-hybridized carbons (Fsp3) is 1.00. The van der Waals surface area contributed by atoms with Crippen molar-refractivity contribution in [3.8, 4) is 0 Å². The SMILES string of the molecule is CCCC(CCCCCCCCCCCCCC1CC1C)OC(CCC)CCCCCCCCCCCCCC1CC1C. The summed E-state index contributed by atoms with van der Waals surface area (Å²) >= 11 is 0. The molecule has 1 nitrogen and oxygen atoms in total. The minimum atomic E-state index is 0.516. The van der Waals surface area contributed by atoms with Crippen molar-refractivity contribution in [3.63, 3.8) is 0 Å². The standard InChI is InChI=1S/C42H82O/c1-5-29-41(33-27-23-19-15-11-7-9-13-17-21-25-31-39-35-37(39)3)43-42(30-6-2)34-28-24-20-16-12-8-10-14-18-22-26-32-40-36-38(40)4/h37-42H,5-36H2,1-4H3. The fourth-order valence-electron chi connectivity index (χ4n) is 7.82. The Morgan fingerprint density at radius 1 is 0.395 bits per heavy atom. The first-order valence-corrected chi connectivity index (χ1v) is 20.8. The summed E-state index contributed by atoms with van der Waals surface area (Å²) in [5.74, 6) is 4.31. The lowest BCUT2D eigenvalue weighted by molar-refractivity contribution is -0.0308. The summed E-state index contributed by atoms with van der Waals surface area (Å²) in [4.78, 5) is 0. The van der Waals surface area contributed by atoms with Gasteiger partial charge in [0.05, 0.1) is 12.2 Å². The Morgan fingerprint density at radius 3 is 0.907 bits per heavy atom. The van der Waals surface area contributed by atoms with Gasteiger partial charge in [-0.2, -0.15) is 0 Å². The predicted octanol–water partition coefficient (Wildman–Crippen LogP) is 14.8. The largest absolute Gasteiger partial charge is 0.375 e. The molecular formula is C42H82O. The van der Waals surface area contributed by atoms with Crippen molar-refractivity contribution >= 4 is 0 Å². The molecule has 2 aliphatic rings. The molecule has 0 aromatic rings.